The molecule has 6 heteroatoms. The molecule has 1 amide bonds. The lowest BCUT2D eigenvalue weighted by Crippen LogP contribution is -2.32. The zero-order valence-electron chi connectivity index (χ0n) is 17.1. The summed E-state index contributed by atoms with van der Waals surface area (Å²) in [6.07, 6.45) is 5.18. The number of hydrogen-bond donors (Lipinski definition) is 2. The number of hydrogen-bond acceptors (Lipinski definition) is 4. The van der Waals surface area contributed by atoms with Gasteiger partial charge in [-0.3, -0.25) is 9.48 Å². The second kappa shape index (κ2) is 9.73. The zero-order chi connectivity index (χ0) is 19.9. The summed E-state index contributed by atoms with van der Waals surface area (Å²) in [5.41, 5.74) is 1.51. The quantitative estimate of drug-likeness (QED) is 0.728. The van der Waals surface area contributed by atoms with Crippen molar-refractivity contribution < 1.29 is 9.53 Å². The molecule has 2 aromatic rings. The van der Waals surface area contributed by atoms with Crippen LogP contribution in [0, 0.1) is 5.92 Å². The van der Waals surface area contributed by atoms with Crippen molar-refractivity contribution in [2.45, 2.75) is 52.1 Å². The van der Waals surface area contributed by atoms with Gasteiger partial charge in [0.25, 0.3) is 5.91 Å². The van der Waals surface area contributed by atoms with E-state index >= 15 is 0 Å². The van der Waals surface area contributed by atoms with Crippen LogP contribution in [0.25, 0.3) is 0 Å². The molecule has 1 aromatic carbocycles. The van der Waals surface area contributed by atoms with Gasteiger partial charge in [-0.15, -0.1) is 0 Å². The van der Waals surface area contributed by atoms with E-state index in [0.29, 0.717) is 17.7 Å². The molecule has 2 N–H and O–H groups in total. The highest BCUT2D eigenvalue weighted by atomic mass is 16.5. The molecule has 0 spiro atoms. The summed E-state index contributed by atoms with van der Waals surface area (Å²) in [4.78, 5) is 12.6. The number of carbonyl (C=O) groups is 1. The minimum absolute atomic E-state index is 0.0984. The lowest BCUT2D eigenvalue weighted by molar-refractivity contribution is 0.0933. The van der Waals surface area contributed by atoms with E-state index in [1.165, 1.54) is 0 Å². The van der Waals surface area contributed by atoms with E-state index in [1.807, 2.05) is 42.1 Å². The van der Waals surface area contributed by atoms with Gasteiger partial charge in [0.1, 0.15) is 11.4 Å². The fourth-order valence-corrected chi connectivity index (χ4v) is 3.34. The monoisotopic (exact) mass is 384 g/mol. The van der Waals surface area contributed by atoms with Gasteiger partial charge in [-0.1, -0.05) is 26.0 Å². The summed E-state index contributed by atoms with van der Waals surface area (Å²) in [5.74, 6) is 1.35. The number of rotatable bonds is 8. The molecule has 6 nitrogen and oxygen atoms in total. The normalized spacial score (nSPS) is 18.1. The summed E-state index contributed by atoms with van der Waals surface area (Å²) in [6.45, 7) is 9.05. The lowest BCUT2D eigenvalue weighted by atomic mass is 10.1. The zero-order valence-corrected chi connectivity index (χ0v) is 17.1. The highest BCUT2D eigenvalue weighted by Crippen LogP contribution is 2.19. The number of carbonyl (C=O) groups excluding carboxylic acids is 1. The van der Waals surface area contributed by atoms with Crippen LogP contribution in [0.15, 0.2) is 36.5 Å². The van der Waals surface area contributed by atoms with E-state index < -0.39 is 0 Å². The molecule has 2 atom stereocenters. The Balaban J connectivity index is 1.53. The van der Waals surface area contributed by atoms with Crippen LogP contribution in [0.1, 0.15) is 68.2 Å². The van der Waals surface area contributed by atoms with Crippen molar-refractivity contribution in [2.75, 3.05) is 19.7 Å². The molecule has 1 aliphatic heterocycles. The van der Waals surface area contributed by atoms with Gasteiger partial charge in [-0.2, -0.15) is 5.10 Å². The van der Waals surface area contributed by atoms with Gasteiger partial charge >= 0.3 is 0 Å². The topological polar surface area (TPSA) is 68.2 Å². The van der Waals surface area contributed by atoms with Crippen LogP contribution < -0.4 is 15.4 Å². The van der Waals surface area contributed by atoms with Gasteiger partial charge < -0.3 is 15.4 Å². The number of amides is 1. The summed E-state index contributed by atoms with van der Waals surface area (Å²) in [6, 6.07) is 9.95. The first-order valence-electron chi connectivity index (χ1n) is 10.3. The van der Waals surface area contributed by atoms with Gasteiger partial charge in [0.2, 0.25) is 0 Å². The third kappa shape index (κ3) is 5.58. The number of piperidine rings is 1. The third-order valence-corrected chi connectivity index (χ3v) is 5.18. The molecule has 2 heterocycles. The summed E-state index contributed by atoms with van der Waals surface area (Å²) < 4.78 is 7.67. The average molecular weight is 385 g/mol. The first-order chi connectivity index (χ1) is 13.5. The largest absolute Gasteiger partial charge is 0.494 e. The Labute approximate surface area is 167 Å². The molecule has 152 valence electrons. The maximum Gasteiger partial charge on any atom is 0.272 e. The second-order valence-corrected chi connectivity index (χ2v) is 7.98. The highest BCUT2D eigenvalue weighted by Gasteiger charge is 2.19. The van der Waals surface area contributed by atoms with E-state index in [-0.39, 0.29) is 11.9 Å². The number of benzene rings is 1. The van der Waals surface area contributed by atoms with E-state index in [9.17, 15) is 4.79 Å². The van der Waals surface area contributed by atoms with Gasteiger partial charge in [-0.05, 0) is 62.4 Å². The molecule has 28 heavy (non-hydrogen) atoms. The Morgan fingerprint density at radius 2 is 2.07 bits per heavy atom. The molecule has 1 aliphatic rings. The molecule has 1 aromatic heterocycles. The van der Waals surface area contributed by atoms with Crippen molar-refractivity contribution in [1.29, 1.82) is 0 Å². The molecule has 0 aliphatic carbocycles. The Hall–Kier alpha value is -2.34. The molecular weight excluding hydrogens is 352 g/mol. The van der Waals surface area contributed by atoms with Gasteiger partial charge in [0.05, 0.1) is 18.7 Å². The van der Waals surface area contributed by atoms with Crippen LogP contribution in [0.2, 0.25) is 0 Å². The van der Waals surface area contributed by atoms with Gasteiger partial charge in [0, 0.05) is 12.7 Å². The third-order valence-electron chi connectivity index (χ3n) is 5.18. The van der Waals surface area contributed by atoms with Crippen molar-refractivity contribution in [3.05, 3.63) is 47.8 Å². The number of aromatic nitrogens is 2. The number of nitrogens with zero attached hydrogens (tertiary/aromatic N) is 2. The van der Waals surface area contributed by atoms with Crippen LogP contribution in [0.5, 0.6) is 5.75 Å². The molecule has 0 saturated carbocycles. The smallest absolute Gasteiger partial charge is 0.272 e. The van der Waals surface area contributed by atoms with E-state index in [4.69, 9.17) is 4.74 Å². The Bertz CT molecular complexity index is 748. The van der Waals surface area contributed by atoms with Crippen LogP contribution >= 0.6 is 0 Å². The molecular formula is C22H32N4O2. The minimum Gasteiger partial charge on any atom is -0.494 e. The fourth-order valence-electron chi connectivity index (χ4n) is 3.34. The highest BCUT2D eigenvalue weighted by molar-refractivity contribution is 5.92. The fraction of sp³-hybridized carbons (Fsp3) is 0.545. The predicted molar refractivity (Wildman–Crippen MR) is 111 cm³/mol. The summed E-state index contributed by atoms with van der Waals surface area (Å²) in [5, 5.41) is 10.9. The summed E-state index contributed by atoms with van der Waals surface area (Å²) >= 11 is 0. The average Bonchev–Trinajstić information content (AvgIpc) is 3.19. The van der Waals surface area contributed by atoms with Crippen molar-refractivity contribution in [2.24, 2.45) is 5.92 Å². The maximum absolute atomic E-state index is 12.6. The van der Waals surface area contributed by atoms with Gasteiger partial charge in [-0.25, -0.2) is 0 Å². The minimum atomic E-state index is -0.146. The van der Waals surface area contributed by atoms with Crippen molar-refractivity contribution in [1.82, 2.24) is 20.4 Å². The number of ether oxygens (including phenoxy) is 1. The molecule has 1 fully saturated rings. The summed E-state index contributed by atoms with van der Waals surface area (Å²) in [7, 11) is 0. The van der Waals surface area contributed by atoms with Crippen LogP contribution in [0.3, 0.4) is 0 Å². The number of nitrogens with one attached hydrogen (secondary N) is 2. The van der Waals surface area contributed by atoms with Crippen molar-refractivity contribution in [3.8, 4) is 5.75 Å². The predicted octanol–water partition coefficient (Wildman–Crippen LogP) is 3.72. The van der Waals surface area contributed by atoms with Crippen molar-refractivity contribution >= 4 is 5.91 Å². The first-order valence-corrected chi connectivity index (χ1v) is 10.3. The Morgan fingerprint density at radius 3 is 2.75 bits per heavy atom. The van der Waals surface area contributed by atoms with Crippen LogP contribution in [-0.4, -0.2) is 35.4 Å². The maximum atomic E-state index is 12.6. The standard InChI is InChI=1S/C22H32N4O2/c1-16(2)11-14-28-20-8-6-18(7-9-20)17(3)24-22(27)21-10-13-26(25-21)19-5-4-12-23-15-19/h6-10,13,16-17,19,23H,4-5,11-12,14-15H2,1-3H3,(H,24,27). The van der Waals surface area contributed by atoms with Gasteiger partial charge in [0.15, 0.2) is 0 Å². The molecule has 0 radical (unpaired) electrons. The lowest BCUT2D eigenvalue weighted by Gasteiger charge is -2.22. The Kier molecular flexibility index (Phi) is 7.09. The Morgan fingerprint density at radius 1 is 1.29 bits per heavy atom. The van der Waals surface area contributed by atoms with Crippen LogP contribution in [-0.2, 0) is 0 Å². The molecule has 0 bridgehead atoms. The molecule has 3 rings (SSSR count). The van der Waals surface area contributed by atoms with E-state index in [0.717, 1.165) is 50.3 Å². The van der Waals surface area contributed by atoms with E-state index in [2.05, 4.69) is 29.6 Å². The molecule has 1 saturated heterocycles. The van der Waals surface area contributed by atoms with Crippen LogP contribution in [0.4, 0.5) is 0 Å². The molecule has 2 unspecified atom stereocenters. The van der Waals surface area contributed by atoms with Crippen molar-refractivity contribution in [3.63, 3.8) is 0 Å². The SMILES string of the molecule is CC(C)CCOc1ccc(C(C)NC(=O)c2ccn(C3CCCNC3)n2)cc1. The van der Waals surface area contributed by atoms with E-state index in [1.54, 1.807) is 6.07 Å². The second-order valence-electron chi connectivity index (χ2n) is 7.98. The first kappa shape index (κ1) is 20.4.